The number of aryl methyl sites for hydroxylation is 2. The Balaban J connectivity index is 2.30. The number of benzene rings is 1. The van der Waals surface area contributed by atoms with Gasteiger partial charge in [-0.1, -0.05) is 36.7 Å². The van der Waals surface area contributed by atoms with Gasteiger partial charge < -0.3 is 5.32 Å². The summed E-state index contributed by atoms with van der Waals surface area (Å²) in [7, 11) is 0. The lowest BCUT2D eigenvalue weighted by Crippen LogP contribution is -2.13. The monoisotopic (exact) mass is 279 g/mol. The van der Waals surface area contributed by atoms with Gasteiger partial charge in [0.05, 0.1) is 5.02 Å². The first-order valence-electron chi connectivity index (χ1n) is 5.76. The Morgan fingerprint density at radius 1 is 1.39 bits per heavy atom. The third-order valence-corrected chi connectivity index (χ3v) is 4.14. The molecule has 0 saturated heterocycles. The summed E-state index contributed by atoms with van der Waals surface area (Å²) in [6.07, 6.45) is 0.884. The molecule has 0 aliphatic heterocycles. The quantitative estimate of drug-likeness (QED) is 0.879. The number of hydrogen-bond acceptors (Lipinski definition) is 2. The van der Waals surface area contributed by atoms with Crippen molar-refractivity contribution < 1.29 is 4.79 Å². The Morgan fingerprint density at radius 2 is 2.17 bits per heavy atom. The van der Waals surface area contributed by atoms with E-state index in [1.54, 1.807) is 6.07 Å². The molecule has 1 amide bonds. The summed E-state index contributed by atoms with van der Waals surface area (Å²) in [5.74, 6) is -0.140. The van der Waals surface area contributed by atoms with Crippen LogP contribution in [-0.2, 0) is 6.42 Å². The van der Waals surface area contributed by atoms with Gasteiger partial charge in [-0.2, -0.15) is 0 Å². The molecule has 1 aromatic heterocycles. The topological polar surface area (TPSA) is 29.1 Å². The number of hydrogen-bond donors (Lipinski definition) is 1. The van der Waals surface area contributed by atoms with E-state index in [1.807, 2.05) is 30.5 Å². The van der Waals surface area contributed by atoms with E-state index >= 15 is 0 Å². The molecular formula is C14H14ClNOS. The van der Waals surface area contributed by atoms with Crippen molar-refractivity contribution in [2.45, 2.75) is 20.3 Å². The Labute approximate surface area is 116 Å². The van der Waals surface area contributed by atoms with Crippen molar-refractivity contribution in [3.63, 3.8) is 0 Å². The summed E-state index contributed by atoms with van der Waals surface area (Å²) < 4.78 is 0. The lowest BCUT2D eigenvalue weighted by molar-refractivity contribution is 0.103. The van der Waals surface area contributed by atoms with Gasteiger partial charge in [0.15, 0.2) is 0 Å². The highest BCUT2D eigenvalue weighted by molar-refractivity contribution is 7.12. The number of halogens is 1. The summed E-state index contributed by atoms with van der Waals surface area (Å²) in [5, 5.41) is 5.28. The van der Waals surface area contributed by atoms with Crippen molar-refractivity contribution in [1.82, 2.24) is 0 Å². The molecule has 0 aliphatic carbocycles. The first kappa shape index (κ1) is 13.1. The maximum Gasteiger partial charge on any atom is 0.267 e. The van der Waals surface area contributed by atoms with E-state index in [0.29, 0.717) is 9.90 Å². The average molecular weight is 280 g/mol. The number of carbonyl (C=O) groups is 1. The summed E-state index contributed by atoms with van der Waals surface area (Å²) in [6, 6.07) is 7.76. The van der Waals surface area contributed by atoms with E-state index in [9.17, 15) is 4.79 Å². The van der Waals surface area contributed by atoms with Crippen LogP contribution in [0.15, 0.2) is 29.6 Å². The van der Waals surface area contributed by atoms with E-state index in [-0.39, 0.29) is 5.91 Å². The predicted octanol–water partition coefficient (Wildman–Crippen LogP) is 4.52. The van der Waals surface area contributed by atoms with Crippen LogP contribution in [0, 0.1) is 6.92 Å². The largest absolute Gasteiger partial charge is 0.321 e. The van der Waals surface area contributed by atoms with Gasteiger partial charge in [-0.15, -0.1) is 11.3 Å². The Morgan fingerprint density at radius 3 is 2.78 bits per heavy atom. The molecule has 0 unspecified atom stereocenters. The highest BCUT2D eigenvalue weighted by Crippen LogP contribution is 2.26. The number of para-hydroxylation sites is 1. The Hall–Kier alpha value is -1.32. The molecule has 1 heterocycles. The minimum absolute atomic E-state index is 0.140. The lowest BCUT2D eigenvalue weighted by Gasteiger charge is -2.12. The van der Waals surface area contributed by atoms with Crippen LogP contribution < -0.4 is 5.32 Å². The SMILES string of the molecule is CCc1cccc(C)c1NC(=O)c1sccc1Cl. The van der Waals surface area contributed by atoms with E-state index < -0.39 is 0 Å². The third kappa shape index (κ3) is 2.57. The molecule has 0 saturated carbocycles. The Bertz CT molecular complexity index is 577. The molecule has 0 atom stereocenters. The van der Waals surface area contributed by atoms with Gasteiger partial charge in [0.25, 0.3) is 5.91 Å². The van der Waals surface area contributed by atoms with E-state index in [4.69, 9.17) is 11.6 Å². The zero-order chi connectivity index (χ0) is 13.1. The van der Waals surface area contributed by atoms with Gasteiger partial charge >= 0.3 is 0 Å². The highest BCUT2D eigenvalue weighted by Gasteiger charge is 2.14. The van der Waals surface area contributed by atoms with Gasteiger partial charge in [-0.3, -0.25) is 4.79 Å². The molecule has 0 aliphatic rings. The van der Waals surface area contributed by atoms with Gasteiger partial charge in [0.2, 0.25) is 0 Å². The first-order chi connectivity index (χ1) is 8.63. The second kappa shape index (κ2) is 5.55. The smallest absolute Gasteiger partial charge is 0.267 e. The lowest BCUT2D eigenvalue weighted by atomic mass is 10.1. The fourth-order valence-corrected chi connectivity index (χ4v) is 2.86. The van der Waals surface area contributed by atoms with Crippen LogP contribution in [0.25, 0.3) is 0 Å². The van der Waals surface area contributed by atoms with Crippen LogP contribution in [0.5, 0.6) is 0 Å². The minimum atomic E-state index is -0.140. The molecule has 0 spiro atoms. The zero-order valence-corrected chi connectivity index (χ0v) is 11.9. The maximum atomic E-state index is 12.1. The number of amides is 1. The molecule has 1 N–H and O–H groups in total. The fraction of sp³-hybridized carbons (Fsp3) is 0.214. The number of carbonyl (C=O) groups excluding carboxylic acids is 1. The molecule has 0 radical (unpaired) electrons. The molecular weight excluding hydrogens is 266 g/mol. The second-order valence-corrected chi connectivity index (χ2v) is 5.34. The number of thiophene rings is 1. The molecule has 4 heteroatoms. The van der Waals surface area contributed by atoms with Crippen molar-refractivity contribution >= 4 is 34.5 Å². The standard InChI is InChI=1S/C14H14ClNOS/c1-3-10-6-4-5-9(2)12(10)16-14(17)13-11(15)7-8-18-13/h4-8H,3H2,1-2H3,(H,16,17). The van der Waals surface area contributed by atoms with Crippen molar-refractivity contribution in [3.8, 4) is 0 Å². The zero-order valence-electron chi connectivity index (χ0n) is 10.3. The van der Waals surface area contributed by atoms with Gasteiger partial charge in [-0.25, -0.2) is 0 Å². The van der Waals surface area contributed by atoms with Gasteiger partial charge in [0, 0.05) is 5.69 Å². The van der Waals surface area contributed by atoms with Crippen molar-refractivity contribution in [1.29, 1.82) is 0 Å². The van der Waals surface area contributed by atoms with Crippen LogP contribution in [0.4, 0.5) is 5.69 Å². The van der Waals surface area contributed by atoms with Crippen molar-refractivity contribution in [2.75, 3.05) is 5.32 Å². The molecule has 94 valence electrons. The molecule has 18 heavy (non-hydrogen) atoms. The van der Waals surface area contributed by atoms with E-state index in [1.165, 1.54) is 11.3 Å². The summed E-state index contributed by atoms with van der Waals surface area (Å²) in [6.45, 7) is 4.06. The van der Waals surface area contributed by atoms with Crippen LogP contribution in [-0.4, -0.2) is 5.91 Å². The summed E-state index contributed by atoms with van der Waals surface area (Å²) in [5.41, 5.74) is 3.10. The molecule has 1 aromatic carbocycles. The van der Waals surface area contributed by atoms with E-state index in [2.05, 4.69) is 12.2 Å². The number of nitrogens with one attached hydrogen (secondary N) is 1. The fourth-order valence-electron chi connectivity index (χ4n) is 1.83. The first-order valence-corrected chi connectivity index (χ1v) is 7.02. The van der Waals surface area contributed by atoms with Crippen molar-refractivity contribution in [3.05, 3.63) is 50.7 Å². The normalized spacial score (nSPS) is 10.4. The predicted molar refractivity (Wildman–Crippen MR) is 77.8 cm³/mol. The molecule has 2 rings (SSSR count). The van der Waals surface area contributed by atoms with Crippen LogP contribution >= 0.6 is 22.9 Å². The highest BCUT2D eigenvalue weighted by atomic mass is 35.5. The molecule has 0 bridgehead atoms. The van der Waals surface area contributed by atoms with Crippen LogP contribution in [0.1, 0.15) is 27.7 Å². The van der Waals surface area contributed by atoms with Gasteiger partial charge in [0.1, 0.15) is 4.88 Å². The molecule has 2 aromatic rings. The minimum Gasteiger partial charge on any atom is -0.321 e. The van der Waals surface area contributed by atoms with Crippen LogP contribution in [0.3, 0.4) is 0 Å². The maximum absolute atomic E-state index is 12.1. The third-order valence-electron chi connectivity index (χ3n) is 2.80. The van der Waals surface area contributed by atoms with E-state index in [0.717, 1.165) is 23.2 Å². The number of anilines is 1. The summed E-state index contributed by atoms with van der Waals surface area (Å²) in [4.78, 5) is 12.7. The van der Waals surface area contributed by atoms with Gasteiger partial charge in [-0.05, 0) is 35.9 Å². The molecule has 2 nitrogen and oxygen atoms in total. The summed E-state index contributed by atoms with van der Waals surface area (Å²) >= 11 is 7.32. The molecule has 0 fully saturated rings. The second-order valence-electron chi connectivity index (χ2n) is 4.01. The number of rotatable bonds is 3. The average Bonchev–Trinajstić information content (AvgIpc) is 2.78. The van der Waals surface area contributed by atoms with Crippen LogP contribution in [0.2, 0.25) is 5.02 Å². The van der Waals surface area contributed by atoms with Crippen molar-refractivity contribution in [2.24, 2.45) is 0 Å². The Kier molecular flexibility index (Phi) is 4.04.